The Balaban J connectivity index is 1.84. The van der Waals surface area contributed by atoms with E-state index in [4.69, 9.17) is 5.73 Å². The minimum absolute atomic E-state index is 0.130. The highest BCUT2D eigenvalue weighted by Gasteiger charge is 2.39. The van der Waals surface area contributed by atoms with Crippen LogP contribution < -0.4 is 5.73 Å². The van der Waals surface area contributed by atoms with Crippen molar-refractivity contribution in [3.05, 3.63) is 24.0 Å². The zero-order valence-electron chi connectivity index (χ0n) is 10.1. The average molecular weight is 263 g/mol. The van der Waals surface area contributed by atoms with Gasteiger partial charge in [-0.25, -0.2) is 9.48 Å². The van der Waals surface area contributed by atoms with E-state index in [0.717, 1.165) is 10.8 Å². The van der Waals surface area contributed by atoms with Gasteiger partial charge in [0, 0.05) is 12.7 Å². The maximum Gasteiger partial charge on any atom is 0.344 e. The Labute approximate surface area is 108 Å². The number of urea groups is 1. The van der Waals surface area contributed by atoms with Crippen molar-refractivity contribution in [2.24, 2.45) is 5.73 Å². The van der Waals surface area contributed by atoms with Gasteiger partial charge in [-0.1, -0.05) is 0 Å². The number of fused-ring (bicyclic) bond motifs is 2. The van der Waals surface area contributed by atoms with Crippen molar-refractivity contribution in [2.75, 3.05) is 13.1 Å². The van der Waals surface area contributed by atoms with Crippen LogP contribution in [0.4, 0.5) is 4.79 Å². The molecule has 3 rings (SSSR count). The molecule has 3 N–H and O–H groups in total. The molecule has 8 heteroatoms. The lowest BCUT2D eigenvalue weighted by Crippen LogP contribution is -2.31. The number of nitrogens with two attached hydrogens (primary N) is 1. The number of nitrogens with zero attached hydrogens (tertiary/aromatic N) is 4. The van der Waals surface area contributed by atoms with Gasteiger partial charge in [0.1, 0.15) is 0 Å². The standard InChI is InChI=1S/C11H13N5O3/c12-10(17)1-7-3-13-15(4-7)8-2-9-6-14(5-8)11(18)16(9)19/h2-4,9,19H,1,5-6H2,(H2,12,17). The first-order chi connectivity index (χ1) is 9.04. The monoisotopic (exact) mass is 263 g/mol. The van der Waals surface area contributed by atoms with Crippen molar-refractivity contribution in [2.45, 2.75) is 12.5 Å². The summed E-state index contributed by atoms with van der Waals surface area (Å²) in [5.74, 6) is -0.419. The number of hydrogen-bond donors (Lipinski definition) is 2. The second kappa shape index (κ2) is 4.09. The molecule has 1 aromatic rings. The van der Waals surface area contributed by atoms with E-state index in [1.807, 2.05) is 0 Å². The van der Waals surface area contributed by atoms with Crippen LogP contribution >= 0.6 is 0 Å². The molecule has 1 unspecified atom stereocenters. The second-order valence-electron chi connectivity index (χ2n) is 4.67. The summed E-state index contributed by atoms with van der Waals surface area (Å²) in [6.45, 7) is 0.859. The molecule has 0 saturated carbocycles. The highest BCUT2D eigenvalue weighted by atomic mass is 16.5. The fourth-order valence-electron chi connectivity index (χ4n) is 2.35. The summed E-state index contributed by atoms with van der Waals surface area (Å²) in [5, 5.41) is 14.4. The molecular weight excluding hydrogens is 250 g/mol. The first kappa shape index (κ1) is 11.7. The molecule has 3 amide bonds. The maximum atomic E-state index is 11.6. The number of carbonyl (C=O) groups excluding carboxylic acids is 2. The lowest BCUT2D eigenvalue weighted by atomic mass is 10.2. The highest BCUT2D eigenvalue weighted by Crippen LogP contribution is 2.24. The van der Waals surface area contributed by atoms with Crippen molar-refractivity contribution in [3.63, 3.8) is 0 Å². The van der Waals surface area contributed by atoms with Crippen LogP contribution in [-0.4, -0.2) is 56.0 Å². The summed E-state index contributed by atoms with van der Waals surface area (Å²) in [6.07, 6.45) is 5.19. The van der Waals surface area contributed by atoms with Crippen LogP contribution in [0, 0.1) is 0 Å². The summed E-state index contributed by atoms with van der Waals surface area (Å²) in [6, 6.07) is -0.749. The molecule has 2 bridgehead atoms. The molecule has 2 aliphatic heterocycles. The fraction of sp³-hybridized carbons (Fsp3) is 0.364. The van der Waals surface area contributed by atoms with E-state index in [2.05, 4.69) is 5.10 Å². The van der Waals surface area contributed by atoms with Crippen molar-refractivity contribution >= 4 is 17.6 Å². The predicted octanol–water partition coefficient (Wildman–Crippen LogP) is -0.739. The van der Waals surface area contributed by atoms with Gasteiger partial charge in [-0.2, -0.15) is 10.2 Å². The molecule has 1 saturated heterocycles. The van der Waals surface area contributed by atoms with Crippen molar-refractivity contribution < 1.29 is 14.8 Å². The Kier molecular flexibility index (Phi) is 2.53. The number of rotatable bonds is 3. The van der Waals surface area contributed by atoms with Crippen molar-refractivity contribution in [3.8, 4) is 0 Å². The molecule has 19 heavy (non-hydrogen) atoms. The quantitative estimate of drug-likeness (QED) is 0.701. The van der Waals surface area contributed by atoms with Gasteiger partial charge in [0.2, 0.25) is 5.91 Å². The van der Waals surface area contributed by atoms with E-state index in [-0.39, 0.29) is 12.5 Å². The molecule has 100 valence electrons. The fourth-order valence-corrected chi connectivity index (χ4v) is 2.35. The van der Waals surface area contributed by atoms with Gasteiger partial charge >= 0.3 is 6.03 Å². The van der Waals surface area contributed by atoms with Crippen molar-refractivity contribution in [1.29, 1.82) is 0 Å². The van der Waals surface area contributed by atoms with Crippen LogP contribution in [0.5, 0.6) is 0 Å². The lowest BCUT2D eigenvalue weighted by Gasteiger charge is -2.20. The minimum Gasteiger partial charge on any atom is -0.369 e. The molecular formula is C11H13N5O3. The van der Waals surface area contributed by atoms with Gasteiger partial charge < -0.3 is 10.6 Å². The normalized spacial score (nSPS) is 21.8. The second-order valence-corrected chi connectivity index (χ2v) is 4.67. The zero-order chi connectivity index (χ0) is 13.6. The molecule has 3 heterocycles. The Bertz CT molecular complexity index is 579. The number of carbonyl (C=O) groups is 2. The number of aromatic nitrogens is 2. The Morgan fingerprint density at radius 1 is 1.58 bits per heavy atom. The Morgan fingerprint density at radius 2 is 2.37 bits per heavy atom. The van der Waals surface area contributed by atoms with Crippen LogP contribution in [-0.2, 0) is 11.2 Å². The molecule has 0 radical (unpaired) electrons. The van der Waals surface area contributed by atoms with E-state index in [1.165, 1.54) is 4.90 Å². The van der Waals surface area contributed by atoms with Crippen molar-refractivity contribution in [1.82, 2.24) is 19.7 Å². The van der Waals surface area contributed by atoms with Gasteiger partial charge in [-0.05, 0) is 11.6 Å². The molecule has 1 atom stereocenters. The Hall–Kier alpha value is -2.35. The van der Waals surface area contributed by atoms with Gasteiger partial charge in [0.25, 0.3) is 0 Å². The molecule has 0 spiro atoms. The van der Waals surface area contributed by atoms with E-state index in [9.17, 15) is 14.8 Å². The molecule has 1 aromatic heterocycles. The first-order valence-corrected chi connectivity index (χ1v) is 5.84. The lowest BCUT2D eigenvalue weighted by molar-refractivity contribution is -0.117. The summed E-state index contributed by atoms with van der Waals surface area (Å²) in [7, 11) is 0. The Morgan fingerprint density at radius 3 is 3.05 bits per heavy atom. The molecule has 2 aliphatic rings. The van der Waals surface area contributed by atoms with Crippen LogP contribution in [0.25, 0.3) is 5.70 Å². The van der Waals surface area contributed by atoms with E-state index in [1.54, 1.807) is 23.2 Å². The smallest absolute Gasteiger partial charge is 0.344 e. The van der Waals surface area contributed by atoms with E-state index >= 15 is 0 Å². The summed E-state index contributed by atoms with van der Waals surface area (Å²) < 4.78 is 1.60. The van der Waals surface area contributed by atoms with Gasteiger partial charge in [0.15, 0.2) is 0 Å². The highest BCUT2D eigenvalue weighted by molar-refractivity contribution is 5.80. The van der Waals surface area contributed by atoms with Crippen LogP contribution in [0.15, 0.2) is 18.5 Å². The van der Waals surface area contributed by atoms with Gasteiger partial charge in [-0.3, -0.25) is 10.0 Å². The van der Waals surface area contributed by atoms with Gasteiger partial charge in [0.05, 0.1) is 30.9 Å². The molecule has 0 aliphatic carbocycles. The third kappa shape index (κ3) is 1.95. The number of primary amides is 1. The number of hydroxylamine groups is 2. The van der Waals surface area contributed by atoms with Crippen LogP contribution in [0.2, 0.25) is 0 Å². The summed E-state index contributed by atoms with van der Waals surface area (Å²) in [5.41, 5.74) is 6.62. The summed E-state index contributed by atoms with van der Waals surface area (Å²) in [4.78, 5) is 24.0. The third-order valence-electron chi connectivity index (χ3n) is 3.23. The minimum atomic E-state index is -0.419. The topological polar surface area (TPSA) is 105 Å². The number of amides is 3. The molecule has 8 nitrogen and oxygen atoms in total. The van der Waals surface area contributed by atoms with E-state index < -0.39 is 11.9 Å². The first-order valence-electron chi connectivity index (χ1n) is 5.84. The van der Waals surface area contributed by atoms with Crippen LogP contribution in [0.1, 0.15) is 5.56 Å². The van der Waals surface area contributed by atoms with Crippen LogP contribution in [0.3, 0.4) is 0 Å². The molecule has 0 aromatic carbocycles. The van der Waals surface area contributed by atoms with Gasteiger partial charge in [-0.15, -0.1) is 0 Å². The SMILES string of the molecule is NC(=O)Cc1cnn(C2=CC3CN(C2)C(=O)N3O)c1. The predicted molar refractivity (Wildman–Crippen MR) is 63.8 cm³/mol. The number of hydrogen-bond acceptors (Lipinski definition) is 4. The summed E-state index contributed by atoms with van der Waals surface area (Å²) >= 11 is 0. The third-order valence-corrected chi connectivity index (χ3v) is 3.23. The molecule has 1 fully saturated rings. The largest absolute Gasteiger partial charge is 0.369 e. The zero-order valence-corrected chi connectivity index (χ0v) is 10.1. The van der Waals surface area contributed by atoms with E-state index in [0.29, 0.717) is 18.7 Å². The maximum absolute atomic E-state index is 11.6. The average Bonchev–Trinajstić information content (AvgIpc) is 2.90.